The highest BCUT2D eigenvalue weighted by Crippen LogP contribution is 2.35. The van der Waals surface area contributed by atoms with E-state index < -0.39 is 11.7 Å². The Morgan fingerprint density at radius 3 is 2.26 bits per heavy atom. The van der Waals surface area contributed by atoms with Gasteiger partial charge in [-0.3, -0.25) is 0 Å². The molecule has 3 heteroatoms. The lowest BCUT2D eigenvalue weighted by atomic mass is 9.75. The summed E-state index contributed by atoms with van der Waals surface area (Å²) in [4.78, 5) is 0. The van der Waals surface area contributed by atoms with Gasteiger partial charge in [0.1, 0.15) is 0 Å². The summed E-state index contributed by atoms with van der Waals surface area (Å²) in [6.07, 6.45) is 3.39. The van der Waals surface area contributed by atoms with Gasteiger partial charge < -0.3 is 0 Å². The Morgan fingerprint density at radius 1 is 1.17 bits per heavy atom. The third-order valence-corrected chi connectivity index (χ3v) is 4.78. The van der Waals surface area contributed by atoms with Gasteiger partial charge in [0.25, 0.3) is 0 Å². The van der Waals surface area contributed by atoms with Gasteiger partial charge in [0.15, 0.2) is 0 Å². The van der Waals surface area contributed by atoms with Crippen molar-refractivity contribution in [3.05, 3.63) is 48.0 Å². The zero-order valence-corrected chi connectivity index (χ0v) is 13.5. The normalized spacial score (nSPS) is 22.8. The predicted molar refractivity (Wildman–Crippen MR) is 87.7 cm³/mol. The number of alkyl halides is 3. The molecule has 124 valence electrons. The van der Waals surface area contributed by atoms with Crippen molar-refractivity contribution in [1.82, 2.24) is 0 Å². The van der Waals surface area contributed by atoms with Gasteiger partial charge in [0.2, 0.25) is 0 Å². The van der Waals surface area contributed by atoms with E-state index in [4.69, 9.17) is 0 Å². The average Bonchev–Trinajstić information content (AvgIpc) is 2.55. The van der Waals surface area contributed by atoms with Crippen LogP contribution in [0.1, 0.15) is 50.2 Å². The molecule has 1 aromatic carbocycles. The molecule has 0 N–H and O–H groups in total. The zero-order valence-electron chi connectivity index (χ0n) is 13.5. The van der Waals surface area contributed by atoms with E-state index in [1.807, 2.05) is 0 Å². The van der Waals surface area contributed by atoms with E-state index in [0.717, 1.165) is 44.2 Å². The van der Waals surface area contributed by atoms with Crippen molar-refractivity contribution in [1.29, 1.82) is 0 Å². The van der Waals surface area contributed by atoms with Gasteiger partial charge in [-0.1, -0.05) is 24.8 Å². The molecule has 0 aromatic heterocycles. The monoisotopic (exact) mass is 320 g/mol. The van der Waals surface area contributed by atoms with Gasteiger partial charge in [0, 0.05) is 11.5 Å². The minimum absolute atomic E-state index is 0.357. The van der Waals surface area contributed by atoms with E-state index in [2.05, 4.69) is 31.4 Å². The van der Waals surface area contributed by atoms with Crippen LogP contribution in [0.3, 0.4) is 0 Å². The lowest BCUT2D eigenvalue weighted by Gasteiger charge is -2.30. The number of rotatable bonds is 3. The third-order valence-electron chi connectivity index (χ3n) is 4.78. The first kappa shape index (κ1) is 17.7. The van der Waals surface area contributed by atoms with Crippen molar-refractivity contribution in [2.45, 2.75) is 45.2 Å². The maximum absolute atomic E-state index is 12.5. The van der Waals surface area contributed by atoms with E-state index in [1.165, 1.54) is 12.1 Å². The molecule has 1 aliphatic carbocycles. The first-order valence-corrected chi connectivity index (χ1v) is 8.25. The Balaban J connectivity index is 1.92. The van der Waals surface area contributed by atoms with Gasteiger partial charge in [-0.15, -0.1) is 6.58 Å². The molecule has 0 saturated heterocycles. The van der Waals surface area contributed by atoms with E-state index in [1.54, 1.807) is 0 Å². The molecule has 1 aromatic rings. The summed E-state index contributed by atoms with van der Waals surface area (Å²) in [7, 11) is 0. The topological polar surface area (TPSA) is 0 Å². The molecule has 23 heavy (non-hydrogen) atoms. The molecule has 0 radical (unpaired) electrons. The maximum Gasteiger partial charge on any atom is 0.416 e. The van der Waals surface area contributed by atoms with Crippen LogP contribution in [0.25, 0.3) is 0 Å². The summed E-state index contributed by atoms with van der Waals surface area (Å²) in [6.45, 7) is 6.12. The largest absolute Gasteiger partial charge is 0.416 e. The first-order chi connectivity index (χ1) is 10.9. The minimum atomic E-state index is -4.29. The van der Waals surface area contributed by atoms with Crippen LogP contribution in [-0.2, 0) is 6.18 Å². The summed E-state index contributed by atoms with van der Waals surface area (Å²) in [5.41, 5.74) is 0.0243. The predicted octanol–water partition coefficient (Wildman–Crippen LogP) is 6.08. The van der Waals surface area contributed by atoms with Crippen molar-refractivity contribution in [2.24, 2.45) is 17.8 Å². The van der Waals surface area contributed by atoms with Crippen LogP contribution in [0.5, 0.6) is 0 Å². The Kier molecular flexibility index (Phi) is 5.93. The van der Waals surface area contributed by atoms with E-state index in [9.17, 15) is 13.2 Å². The second-order valence-corrected chi connectivity index (χ2v) is 6.26. The van der Waals surface area contributed by atoms with Gasteiger partial charge in [-0.05, 0) is 68.2 Å². The molecule has 1 unspecified atom stereocenters. The van der Waals surface area contributed by atoms with Crippen molar-refractivity contribution in [2.75, 3.05) is 0 Å². The quantitative estimate of drug-likeness (QED) is 0.468. The van der Waals surface area contributed by atoms with Crippen LogP contribution in [0.15, 0.2) is 36.9 Å². The van der Waals surface area contributed by atoms with Crippen LogP contribution in [-0.4, -0.2) is 0 Å². The fourth-order valence-electron chi connectivity index (χ4n) is 3.31. The summed E-state index contributed by atoms with van der Waals surface area (Å²) < 4.78 is 37.5. The summed E-state index contributed by atoms with van der Waals surface area (Å²) in [5.74, 6) is 7.93. The molecular weight excluding hydrogens is 297 g/mol. The highest BCUT2D eigenvalue weighted by Gasteiger charge is 2.29. The van der Waals surface area contributed by atoms with Crippen LogP contribution in [0.2, 0.25) is 0 Å². The zero-order chi connectivity index (χ0) is 16.9. The third kappa shape index (κ3) is 4.89. The van der Waals surface area contributed by atoms with E-state index >= 15 is 0 Å². The number of benzene rings is 1. The highest BCUT2D eigenvalue weighted by atomic mass is 19.4. The van der Waals surface area contributed by atoms with Crippen molar-refractivity contribution >= 4 is 0 Å². The SMILES string of the molecule is C=CC(CC)C1CCC(C#Cc2ccc(C(F)(F)F)cc2)CC1. The van der Waals surface area contributed by atoms with E-state index in [0.29, 0.717) is 23.3 Å². The molecule has 0 aliphatic heterocycles. The van der Waals surface area contributed by atoms with Crippen LogP contribution in [0.4, 0.5) is 13.2 Å². The van der Waals surface area contributed by atoms with Crippen LogP contribution in [0, 0.1) is 29.6 Å². The van der Waals surface area contributed by atoms with E-state index in [-0.39, 0.29) is 0 Å². The molecule has 1 atom stereocenters. The van der Waals surface area contributed by atoms with Gasteiger partial charge in [-0.2, -0.15) is 13.2 Å². The van der Waals surface area contributed by atoms with Crippen molar-refractivity contribution < 1.29 is 13.2 Å². The fourth-order valence-corrected chi connectivity index (χ4v) is 3.31. The molecule has 0 amide bonds. The molecule has 1 fully saturated rings. The maximum atomic E-state index is 12.5. The van der Waals surface area contributed by atoms with Gasteiger partial charge in [0.05, 0.1) is 5.56 Å². The molecule has 0 nitrogen and oxygen atoms in total. The Bertz CT molecular complexity index is 564. The highest BCUT2D eigenvalue weighted by molar-refractivity contribution is 5.37. The standard InChI is InChI=1S/C20H23F3/c1-3-17(4-2)18-11-7-15(8-12-18)5-6-16-9-13-19(14-10-16)20(21,22)23/h3,9-10,13-15,17-18H,1,4,7-8,11-12H2,2H3. The van der Waals surface area contributed by atoms with Crippen molar-refractivity contribution in [3.8, 4) is 11.8 Å². The molecule has 0 spiro atoms. The molecule has 0 bridgehead atoms. The van der Waals surface area contributed by atoms with Crippen LogP contribution < -0.4 is 0 Å². The summed E-state index contributed by atoms with van der Waals surface area (Å²) in [6, 6.07) is 5.09. The fraction of sp³-hybridized carbons (Fsp3) is 0.500. The number of hydrogen-bond acceptors (Lipinski definition) is 0. The smallest absolute Gasteiger partial charge is 0.166 e. The molecule has 1 saturated carbocycles. The van der Waals surface area contributed by atoms with Crippen molar-refractivity contribution in [3.63, 3.8) is 0 Å². The second kappa shape index (κ2) is 7.73. The van der Waals surface area contributed by atoms with Crippen LogP contribution >= 0.6 is 0 Å². The molecule has 2 rings (SSSR count). The second-order valence-electron chi connectivity index (χ2n) is 6.26. The Hall–Kier alpha value is -1.69. The molecule has 1 aliphatic rings. The average molecular weight is 320 g/mol. The lowest BCUT2D eigenvalue weighted by molar-refractivity contribution is -0.137. The number of halogens is 3. The first-order valence-electron chi connectivity index (χ1n) is 8.25. The Labute approximate surface area is 136 Å². The molecule has 0 heterocycles. The van der Waals surface area contributed by atoms with Gasteiger partial charge >= 0.3 is 6.18 Å². The molecular formula is C20H23F3. The number of allylic oxidation sites excluding steroid dienone is 1. The summed E-state index contributed by atoms with van der Waals surface area (Å²) in [5, 5.41) is 0. The lowest BCUT2D eigenvalue weighted by Crippen LogP contribution is -2.19. The summed E-state index contributed by atoms with van der Waals surface area (Å²) >= 11 is 0. The number of hydrogen-bond donors (Lipinski definition) is 0. The minimum Gasteiger partial charge on any atom is -0.166 e. The van der Waals surface area contributed by atoms with Gasteiger partial charge in [-0.25, -0.2) is 0 Å². The Morgan fingerprint density at radius 2 is 1.78 bits per heavy atom.